The fourth-order valence-electron chi connectivity index (χ4n) is 1.91. The quantitative estimate of drug-likeness (QED) is 0.474. The Labute approximate surface area is 145 Å². The molecule has 24 heavy (non-hydrogen) atoms. The first-order valence-electron chi connectivity index (χ1n) is 7.23. The molecule has 2 rings (SSSR count). The van der Waals surface area contributed by atoms with Gasteiger partial charge in [0.1, 0.15) is 11.5 Å². The second-order valence-corrected chi connectivity index (χ2v) is 5.75. The van der Waals surface area contributed by atoms with Crippen LogP contribution in [0.15, 0.2) is 52.7 Å². The maximum atomic E-state index is 11.9. The molecule has 0 atom stereocenters. The smallest absolute Gasteiger partial charge is 0.250 e. The standard InChI is InChI=1S/C17H19N3O3S/c1-12(14-8-7-13(22-2)10-15(14)23-3)19-20-16(21)11-24-17-6-4-5-9-18-17/h4-10H,11H2,1-3H3,(H,20,21). The van der Waals surface area contributed by atoms with E-state index in [2.05, 4.69) is 15.5 Å². The van der Waals surface area contributed by atoms with Crippen molar-refractivity contribution < 1.29 is 14.3 Å². The normalized spacial score (nSPS) is 11.0. The summed E-state index contributed by atoms with van der Waals surface area (Å²) in [7, 11) is 3.17. The zero-order valence-corrected chi connectivity index (χ0v) is 14.6. The Balaban J connectivity index is 1.97. The van der Waals surface area contributed by atoms with Gasteiger partial charge in [0.25, 0.3) is 0 Å². The molecule has 1 aromatic heterocycles. The van der Waals surface area contributed by atoms with E-state index in [0.717, 1.165) is 10.6 Å². The summed E-state index contributed by atoms with van der Waals surface area (Å²) in [6, 6.07) is 11.0. The van der Waals surface area contributed by atoms with E-state index < -0.39 is 0 Å². The molecule has 0 spiro atoms. The lowest BCUT2D eigenvalue weighted by atomic mass is 10.1. The van der Waals surface area contributed by atoms with Gasteiger partial charge < -0.3 is 9.47 Å². The molecule has 1 N–H and O–H groups in total. The van der Waals surface area contributed by atoms with Crippen LogP contribution < -0.4 is 14.9 Å². The number of hydrogen-bond donors (Lipinski definition) is 1. The van der Waals surface area contributed by atoms with Crippen LogP contribution in [0.2, 0.25) is 0 Å². The van der Waals surface area contributed by atoms with E-state index in [0.29, 0.717) is 17.2 Å². The van der Waals surface area contributed by atoms with E-state index in [-0.39, 0.29) is 11.7 Å². The molecule has 0 bridgehead atoms. The number of methoxy groups -OCH3 is 2. The number of hydrazone groups is 1. The van der Waals surface area contributed by atoms with Gasteiger partial charge in [0, 0.05) is 17.8 Å². The van der Waals surface area contributed by atoms with Crippen molar-refractivity contribution >= 4 is 23.4 Å². The Morgan fingerprint density at radius 2 is 2.08 bits per heavy atom. The summed E-state index contributed by atoms with van der Waals surface area (Å²) < 4.78 is 10.5. The molecule has 1 heterocycles. The molecular formula is C17H19N3O3S. The molecule has 0 fully saturated rings. The van der Waals surface area contributed by atoms with Crippen LogP contribution in [0.5, 0.6) is 11.5 Å². The van der Waals surface area contributed by atoms with Crippen LogP contribution in [0, 0.1) is 0 Å². The Bertz CT molecular complexity index is 720. The fourth-order valence-corrected chi connectivity index (χ4v) is 2.56. The first kappa shape index (κ1) is 17.8. The average Bonchev–Trinajstić information content (AvgIpc) is 2.64. The molecule has 1 aromatic carbocycles. The third-order valence-corrected chi connectivity index (χ3v) is 4.08. The van der Waals surface area contributed by atoms with E-state index in [4.69, 9.17) is 9.47 Å². The molecule has 7 heteroatoms. The average molecular weight is 345 g/mol. The summed E-state index contributed by atoms with van der Waals surface area (Å²) in [5, 5.41) is 4.93. The number of nitrogens with zero attached hydrogens (tertiary/aromatic N) is 2. The van der Waals surface area contributed by atoms with Crippen molar-refractivity contribution in [2.45, 2.75) is 11.9 Å². The van der Waals surface area contributed by atoms with Gasteiger partial charge in [-0.3, -0.25) is 4.79 Å². The number of carbonyl (C=O) groups excluding carboxylic acids is 1. The van der Waals surface area contributed by atoms with Gasteiger partial charge in [-0.05, 0) is 31.2 Å². The maximum Gasteiger partial charge on any atom is 0.250 e. The molecule has 6 nitrogen and oxygen atoms in total. The topological polar surface area (TPSA) is 72.8 Å². The van der Waals surface area contributed by atoms with Crippen LogP contribution in [0.1, 0.15) is 12.5 Å². The van der Waals surface area contributed by atoms with Crippen LogP contribution >= 0.6 is 11.8 Å². The molecular weight excluding hydrogens is 326 g/mol. The number of nitrogens with one attached hydrogen (secondary N) is 1. The predicted octanol–water partition coefficient (Wildman–Crippen LogP) is 2.73. The highest BCUT2D eigenvalue weighted by Gasteiger charge is 2.09. The van der Waals surface area contributed by atoms with Gasteiger partial charge in [0.05, 0.1) is 30.7 Å². The minimum absolute atomic E-state index is 0.197. The zero-order chi connectivity index (χ0) is 17.4. The molecule has 2 aromatic rings. The molecule has 0 unspecified atom stereocenters. The van der Waals surface area contributed by atoms with Crippen LogP contribution in [0.4, 0.5) is 0 Å². The van der Waals surface area contributed by atoms with Crippen molar-refractivity contribution in [3.63, 3.8) is 0 Å². The molecule has 1 amide bonds. The molecule has 0 aliphatic rings. The number of carbonyl (C=O) groups is 1. The highest BCUT2D eigenvalue weighted by Crippen LogP contribution is 2.25. The molecule has 0 aliphatic heterocycles. The molecule has 0 radical (unpaired) electrons. The van der Waals surface area contributed by atoms with E-state index in [9.17, 15) is 4.79 Å². The van der Waals surface area contributed by atoms with Crippen molar-refractivity contribution in [3.8, 4) is 11.5 Å². The van der Waals surface area contributed by atoms with Crippen molar-refractivity contribution in [2.24, 2.45) is 5.10 Å². The first-order chi connectivity index (χ1) is 11.6. The number of thioether (sulfide) groups is 1. The number of rotatable bonds is 7. The van der Waals surface area contributed by atoms with E-state index in [1.165, 1.54) is 11.8 Å². The highest BCUT2D eigenvalue weighted by atomic mass is 32.2. The van der Waals surface area contributed by atoms with Gasteiger partial charge in [-0.15, -0.1) is 0 Å². The molecule has 0 saturated heterocycles. The maximum absolute atomic E-state index is 11.9. The van der Waals surface area contributed by atoms with Gasteiger partial charge in [-0.1, -0.05) is 17.8 Å². The van der Waals surface area contributed by atoms with Crippen molar-refractivity contribution in [3.05, 3.63) is 48.2 Å². The fraction of sp³-hybridized carbons (Fsp3) is 0.235. The van der Waals surface area contributed by atoms with Crippen molar-refractivity contribution in [1.29, 1.82) is 0 Å². The molecule has 126 valence electrons. The second-order valence-electron chi connectivity index (χ2n) is 4.76. The van der Waals surface area contributed by atoms with Gasteiger partial charge in [-0.2, -0.15) is 5.10 Å². The van der Waals surface area contributed by atoms with Gasteiger partial charge >= 0.3 is 0 Å². The lowest BCUT2D eigenvalue weighted by Crippen LogP contribution is -2.21. The number of amides is 1. The summed E-state index contributed by atoms with van der Waals surface area (Å²) in [6.45, 7) is 1.80. The minimum atomic E-state index is -0.197. The van der Waals surface area contributed by atoms with Gasteiger partial charge in [-0.25, -0.2) is 10.4 Å². The third-order valence-electron chi connectivity index (χ3n) is 3.14. The Hall–Kier alpha value is -2.54. The highest BCUT2D eigenvalue weighted by molar-refractivity contribution is 7.99. The van der Waals surface area contributed by atoms with Crippen molar-refractivity contribution in [1.82, 2.24) is 10.4 Å². The summed E-state index contributed by atoms with van der Waals surface area (Å²) in [5.74, 6) is 1.37. The van der Waals surface area contributed by atoms with Crippen LogP contribution in [-0.4, -0.2) is 36.6 Å². The molecule has 0 aliphatic carbocycles. The lowest BCUT2D eigenvalue weighted by molar-refractivity contribution is -0.118. The van der Waals surface area contributed by atoms with Crippen molar-refractivity contribution in [2.75, 3.05) is 20.0 Å². The van der Waals surface area contributed by atoms with Gasteiger partial charge in [0.15, 0.2) is 0 Å². The van der Waals surface area contributed by atoms with E-state index >= 15 is 0 Å². The number of ether oxygens (including phenoxy) is 2. The first-order valence-corrected chi connectivity index (χ1v) is 8.22. The largest absolute Gasteiger partial charge is 0.497 e. The number of pyridine rings is 1. The third kappa shape index (κ3) is 4.99. The minimum Gasteiger partial charge on any atom is -0.497 e. The predicted molar refractivity (Wildman–Crippen MR) is 94.9 cm³/mol. The number of aromatic nitrogens is 1. The summed E-state index contributed by atoms with van der Waals surface area (Å²) >= 11 is 1.35. The van der Waals surface area contributed by atoms with Crippen LogP contribution in [0.3, 0.4) is 0 Å². The summed E-state index contributed by atoms with van der Waals surface area (Å²) in [4.78, 5) is 16.0. The summed E-state index contributed by atoms with van der Waals surface area (Å²) in [6.07, 6.45) is 1.69. The summed E-state index contributed by atoms with van der Waals surface area (Å²) in [5.41, 5.74) is 3.98. The number of benzene rings is 1. The molecule has 0 saturated carbocycles. The Morgan fingerprint density at radius 1 is 1.25 bits per heavy atom. The Kier molecular flexibility index (Phi) is 6.62. The second kappa shape index (κ2) is 8.93. The van der Waals surface area contributed by atoms with E-state index in [1.807, 2.05) is 30.3 Å². The van der Waals surface area contributed by atoms with Crippen LogP contribution in [-0.2, 0) is 4.79 Å². The van der Waals surface area contributed by atoms with E-state index in [1.54, 1.807) is 33.4 Å². The van der Waals surface area contributed by atoms with Crippen LogP contribution in [0.25, 0.3) is 0 Å². The SMILES string of the molecule is COc1ccc(C(C)=NNC(=O)CSc2ccccn2)c(OC)c1. The Morgan fingerprint density at radius 3 is 2.75 bits per heavy atom. The van der Waals surface area contributed by atoms with Gasteiger partial charge in [0.2, 0.25) is 5.91 Å². The lowest BCUT2D eigenvalue weighted by Gasteiger charge is -2.10. The monoisotopic (exact) mass is 345 g/mol. The number of hydrogen-bond acceptors (Lipinski definition) is 6. The zero-order valence-electron chi connectivity index (χ0n) is 13.8.